The molecule has 0 bridgehead atoms. The van der Waals surface area contributed by atoms with Crippen molar-refractivity contribution in [1.82, 2.24) is 14.6 Å². The normalized spacial score (nSPS) is 11.2. The monoisotopic (exact) mass is 339 g/mol. The number of imidazole rings is 1. The van der Waals surface area contributed by atoms with E-state index in [-0.39, 0.29) is 0 Å². The summed E-state index contributed by atoms with van der Waals surface area (Å²) in [4.78, 5) is 5.61. The number of aromatic nitrogens is 3. The van der Waals surface area contributed by atoms with Crippen LogP contribution in [0.4, 0.5) is 0 Å². The second-order valence-electron chi connectivity index (χ2n) is 5.52. The van der Waals surface area contributed by atoms with Crippen LogP contribution in [-0.2, 0) is 6.42 Å². The van der Waals surface area contributed by atoms with Gasteiger partial charge in [0.2, 0.25) is 4.96 Å². The second kappa shape index (κ2) is 5.80. The summed E-state index contributed by atoms with van der Waals surface area (Å²) in [6, 6.07) is 16.3. The average Bonchev–Trinajstić information content (AvgIpc) is 3.09. The molecule has 0 aliphatic rings. The molecular formula is C18H14ClN3S. The van der Waals surface area contributed by atoms with Crippen LogP contribution in [0.15, 0.2) is 54.7 Å². The highest BCUT2D eigenvalue weighted by atomic mass is 35.5. The Morgan fingerprint density at radius 3 is 2.48 bits per heavy atom. The van der Waals surface area contributed by atoms with Crippen molar-refractivity contribution >= 4 is 27.9 Å². The molecule has 2 aromatic heterocycles. The zero-order valence-electron chi connectivity index (χ0n) is 12.5. The van der Waals surface area contributed by atoms with Gasteiger partial charge in [-0.1, -0.05) is 64.9 Å². The largest absolute Gasteiger partial charge is 0.217 e. The summed E-state index contributed by atoms with van der Waals surface area (Å²) < 4.78 is 1.87. The lowest BCUT2D eigenvalue weighted by Crippen LogP contribution is -1.89. The summed E-state index contributed by atoms with van der Waals surface area (Å²) in [7, 11) is 0. The number of hydrogen-bond donors (Lipinski definition) is 0. The van der Waals surface area contributed by atoms with E-state index in [1.165, 1.54) is 11.1 Å². The van der Waals surface area contributed by atoms with E-state index in [1.807, 2.05) is 35.0 Å². The van der Waals surface area contributed by atoms with Gasteiger partial charge >= 0.3 is 0 Å². The van der Waals surface area contributed by atoms with Gasteiger partial charge in [-0.3, -0.25) is 0 Å². The maximum atomic E-state index is 5.92. The molecule has 4 aromatic rings. The molecule has 0 saturated heterocycles. The molecular weight excluding hydrogens is 326 g/mol. The molecule has 2 heterocycles. The maximum Gasteiger partial charge on any atom is 0.212 e. The van der Waals surface area contributed by atoms with Gasteiger partial charge in [0, 0.05) is 17.0 Å². The minimum absolute atomic E-state index is 0.755. The Hall–Kier alpha value is -2.17. The summed E-state index contributed by atoms with van der Waals surface area (Å²) >= 11 is 7.54. The first kappa shape index (κ1) is 14.4. The van der Waals surface area contributed by atoms with Crippen molar-refractivity contribution in [1.29, 1.82) is 0 Å². The standard InChI is InChI=1S/C18H14ClN3S/c1-12-2-6-14(7-3-12)16-11-22-18(20-16)23-17(21-22)10-13-4-8-15(19)9-5-13/h2-9,11H,10H2,1H3. The first-order valence-corrected chi connectivity index (χ1v) is 8.53. The van der Waals surface area contributed by atoms with Crippen LogP contribution in [0.5, 0.6) is 0 Å². The van der Waals surface area contributed by atoms with E-state index in [4.69, 9.17) is 11.6 Å². The van der Waals surface area contributed by atoms with Gasteiger partial charge in [0.05, 0.1) is 11.9 Å². The fraction of sp³-hybridized carbons (Fsp3) is 0.111. The minimum atomic E-state index is 0.755. The second-order valence-corrected chi connectivity index (χ2v) is 7.00. The van der Waals surface area contributed by atoms with Crippen LogP contribution in [-0.4, -0.2) is 14.6 Å². The Morgan fingerprint density at radius 1 is 1.04 bits per heavy atom. The highest BCUT2D eigenvalue weighted by Crippen LogP contribution is 2.24. The summed E-state index contributed by atoms with van der Waals surface area (Å²) in [6.45, 7) is 2.08. The number of aryl methyl sites for hydroxylation is 1. The predicted molar refractivity (Wildman–Crippen MR) is 95.3 cm³/mol. The Kier molecular flexibility index (Phi) is 3.63. The van der Waals surface area contributed by atoms with Crippen molar-refractivity contribution in [2.75, 3.05) is 0 Å². The molecule has 23 heavy (non-hydrogen) atoms. The van der Waals surface area contributed by atoms with E-state index in [1.54, 1.807) is 11.3 Å². The minimum Gasteiger partial charge on any atom is -0.217 e. The van der Waals surface area contributed by atoms with Gasteiger partial charge in [0.15, 0.2) is 0 Å². The lowest BCUT2D eigenvalue weighted by atomic mass is 10.1. The predicted octanol–water partition coefficient (Wildman–Crippen LogP) is 5.01. The summed E-state index contributed by atoms with van der Waals surface area (Å²) in [5, 5.41) is 6.44. The van der Waals surface area contributed by atoms with Gasteiger partial charge in [-0.2, -0.15) is 5.10 Å². The van der Waals surface area contributed by atoms with Gasteiger partial charge in [-0.25, -0.2) is 9.50 Å². The van der Waals surface area contributed by atoms with Gasteiger partial charge in [-0.15, -0.1) is 0 Å². The van der Waals surface area contributed by atoms with Crippen LogP contribution in [0.3, 0.4) is 0 Å². The van der Waals surface area contributed by atoms with Crippen LogP contribution < -0.4 is 0 Å². The van der Waals surface area contributed by atoms with Gasteiger partial charge in [0.25, 0.3) is 0 Å². The first-order valence-electron chi connectivity index (χ1n) is 7.34. The Balaban J connectivity index is 1.61. The van der Waals surface area contributed by atoms with E-state index in [9.17, 15) is 0 Å². The molecule has 0 N–H and O–H groups in total. The van der Waals surface area contributed by atoms with Crippen LogP contribution in [0.2, 0.25) is 5.02 Å². The molecule has 0 aliphatic heterocycles. The van der Waals surface area contributed by atoms with Gasteiger partial charge in [0.1, 0.15) is 5.01 Å². The number of rotatable bonds is 3. The molecule has 3 nitrogen and oxygen atoms in total. The van der Waals surface area contributed by atoms with E-state index in [0.717, 1.165) is 32.7 Å². The molecule has 2 aromatic carbocycles. The molecule has 114 valence electrons. The summed E-state index contributed by atoms with van der Waals surface area (Å²) in [5.41, 5.74) is 4.53. The van der Waals surface area contributed by atoms with Crippen molar-refractivity contribution in [3.63, 3.8) is 0 Å². The molecule has 0 radical (unpaired) electrons. The molecule has 5 heteroatoms. The zero-order valence-corrected chi connectivity index (χ0v) is 14.1. The molecule has 0 saturated carbocycles. The number of hydrogen-bond acceptors (Lipinski definition) is 3. The van der Waals surface area contributed by atoms with Gasteiger partial charge < -0.3 is 0 Å². The van der Waals surface area contributed by atoms with Crippen molar-refractivity contribution in [3.8, 4) is 11.3 Å². The van der Waals surface area contributed by atoms with Crippen molar-refractivity contribution < 1.29 is 0 Å². The topological polar surface area (TPSA) is 30.2 Å². The third-order valence-electron chi connectivity index (χ3n) is 3.70. The molecule has 0 aliphatic carbocycles. The molecule has 0 unspecified atom stereocenters. The third-order valence-corrected chi connectivity index (χ3v) is 4.88. The number of benzene rings is 2. The molecule has 0 fully saturated rings. The average molecular weight is 340 g/mol. The van der Waals surface area contributed by atoms with E-state index < -0.39 is 0 Å². The quantitative estimate of drug-likeness (QED) is 0.525. The van der Waals surface area contributed by atoms with E-state index >= 15 is 0 Å². The smallest absolute Gasteiger partial charge is 0.212 e. The van der Waals surface area contributed by atoms with Crippen LogP contribution >= 0.6 is 22.9 Å². The highest BCUT2D eigenvalue weighted by molar-refractivity contribution is 7.16. The molecule has 0 amide bonds. The van der Waals surface area contributed by atoms with Crippen LogP contribution in [0.25, 0.3) is 16.2 Å². The maximum absolute atomic E-state index is 5.92. The molecule has 4 rings (SSSR count). The lowest BCUT2D eigenvalue weighted by molar-refractivity contribution is 0.922. The third kappa shape index (κ3) is 3.00. The fourth-order valence-electron chi connectivity index (χ4n) is 2.45. The Morgan fingerprint density at radius 2 is 1.78 bits per heavy atom. The number of halogens is 1. The molecule has 0 spiro atoms. The first-order chi connectivity index (χ1) is 11.2. The number of nitrogens with zero attached hydrogens (tertiary/aromatic N) is 3. The SMILES string of the molecule is Cc1ccc(-c2cn3nc(Cc4ccc(Cl)cc4)sc3n2)cc1. The number of fused-ring (bicyclic) bond motifs is 1. The summed E-state index contributed by atoms with van der Waals surface area (Å²) in [5.74, 6) is 0. The Labute approximate surface area is 143 Å². The van der Waals surface area contributed by atoms with Crippen molar-refractivity contribution in [2.24, 2.45) is 0 Å². The van der Waals surface area contributed by atoms with Crippen molar-refractivity contribution in [2.45, 2.75) is 13.3 Å². The summed E-state index contributed by atoms with van der Waals surface area (Å²) in [6.07, 6.45) is 2.78. The van der Waals surface area contributed by atoms with Crippen molar-refractivity contribution in [3.05, 3.63) is 75.9 Å². The fourth-order valence-corrected chi connectivity index (χ4v) is 3.49. The van der Waals surface area contributed by atoms with Crippen LogP contribution in [0, 0.1) is 6.92 Å². The highest BCUT2D eigenvalue weighted by Gasteiger charge is 2.10. The Bertz CT molecular complexity index is 921. The lowest BCUT2D eigenvalue weighted by Gasteiger charge is -1.98. The van der Waals surface area contributed by atoms with Crippen LogP contribution in [0.1, 0.15) is 16.1 Å². The van der Waals surface area contributed by atoms with E-state index in [2.05, 4.69) is 41.3 Å². The zero-order chi connectivity index (χ0) is 15.8. The van der Waals surface area contributed by atoms with E-state index in [0.29, 0.717) is 0 Å². The molecule has 0 atom stereocenters. The van der Waals surface area contributed by atoms with Gasteiger partial charge in [-0.05, 0) is 24.6 Å².